The minimum Gasteiger partial charge on any atom is -0.324 e. The molecule has 158 valence electrons. The molecule has 0 spiro atoms. The lowest BCUT2D eigenvalue weighted by atomic mass is 10.1. The summed E-state index contributed by atoms with van der Waals surface area (Å²) in [5.74, 6) is -0.0891. The summed E-state index contributed by atoms with van der Waals surface area (Å²) in [5, 5.41) is 5.81. The molecule has 2 aromatic carbocycles. The molecule has 0 saturated carbocycles. The van der Waals surface area contributed by atoms with Crippen LogP contribution >= 0.6 is 34.7 Å². The number of amides is 1. The fourth-order valence-electron chi connectivity index (χ4n) is 3.23. The molecule has 2 aromatic heterocycles. The SMILES string of the molecule is CCn1c(SCC(=O)Nc2ccc(C)cc2Cl)nc2c(-c3ccccc3)csc2c1=O. The molecule has 1 N–H and O–H groups in total. The fraction of sp³-hybridized carbons (Fsp3) is 0.174. The van der Waals surface area contributed by atoms with Crippen LogP contribution < -0.4 is 10.9 Å². The molecule has 2 heterocycles. The van der Waals surface area contributed by atoms with Crippen molar-refractivity contribution in [3.05, 3.63) is 74.9 Å². The Balaban J connectivity index is 1.62. The van der Waals surface area contributed by atoms with Gasteiger partial charge in [-0.05, 0) is 37.1 Å². The first-order valence-electron chi connectivity index (χ1n) is 9.74. The summed E-state index contributed by atoms with van der Waals surface area (Å²) in [6.07, 6.45) is 0. The number of nitrogens with zero attached hydrogens (tertiary/aromatic N) is 2. The van der Waals surface area contributed by atoms with Gasteiger partial charge in [0.15, 0.2) is 5.16 Å². The normalized spacial score (nSPS) is 11.1. The predicted octanol–water partition coefficient (Wildman–Crippen LogP) is 5.84. The number of carbonyl (C=O) groups excluding carboxylic acids is 1. The van der Waals surface area contributed by atoms with Crippen LogP contribution in [0.15, 0.2) is 63.9 Å². The number of aromatic nitrogens is 2. The second-order valence-corrected chi connectivity index (χ2v) is 9.19. The summed E-state index contributed by atoms with van der Waals surface area (Å²) in [6, 6.07) is 15.3. The van der Waals surface area contributed by atoms with Gasteiger partial charge < -0.3 is 5.32 Å². The molecule has 8 heteroatoms. The summed E-state index contributed by atoms with van der Waals surface area (Å²) in [7, 11) is 0. The number of benzene rings is 2. The Bertz CT molecular complexity index is 1320. The van der Waals surface area contributed by atoms with Crippen LogP contribution in [-0.4, -0.2) is 21.2 Å². The second kappa shape index (κ2) is 9.26. The molecular formula is C23H20ClN3O2S2. The molecule has 0 saturated heterocycles. The number of carbonyl (C=O) groups is 1. The smallest absolute Gasteiger partial charge is 0.272 e. The van der Waals surface area contributed by atoms with Crippen molar-refractivity contribution in [1.82, 2.24) is 9.55 Å². The summed E-state index contributed by atoms with van der Waals surface area (Å²) >= 11 is 8.86. The Morgan fingerprint density at radius 2 is 2.00 bits per heavy atom. The number of hydrogen-bond acceptors (Lipinski definition) is 5. The number of aryl methyl sites for hydroxylation is 1. The zero-order valence-electron chi connectivity index (χ0n) is 17.0. The summed E-state index contributed by atoms with van der Waals surface area (Å²) in [5.41, 5.74) is 4.13. The minimum atomic E-state index is -0.207. The molecular weight excluding hydrogens is 450 g/mol. The van der Waals surface area contributed by atoms with Crippen molar-refractivity contribution >= 4 is 56.5 Å². The van der Waals surface area contributed by atoms with Gasteiger partial charge in [-0.2, -0.15) is 0 Å². The summed E-state index contributed by atoms with van der Waals surface area (Å²) in [4.78, 5) is 30.3. The number of rotatable bonds is 6. The molecule has 0 aliphatic carbocycles. The topological polar surface area (TPSA) is 64.0 Å². The van der Waals surface area contributed by atoms with Gasteiger partial charge in [-0.25, -0.2) is 4.98 Å². The van der Waals surface area contributed by atoms with Crippen LogP contribution in [0.1, 0.15) is 12.5 Å². The second-order valence-electron chi connectivity index (χ2n) is 6.96. The molecule has 0 aliphatic heterocycles. The zero-order valence-corrected chi connectivity index (χ0v) is 19.4. The highest BCUT2D eigenvalue weighted by molar-refractivity contribution is 7.99. The molecule has 1 amide bonds. The van der Waals surface area contributed by atoms with Crippen LogP contribution in [0.3, 0.4) is 0 Å². The Hall–Kier alpha value is -2.61. The fourth-order valence-corrected chi connectivity index (χ4v) is 5.33. The van der Waals surface area contributed by atoms with E-state index in [1.807, 2.05) is 55.6 Å². The molecule has 0 aliphatic rings. The van der Waals surface area contributed by atoms with Crippen LogP contribution in [0.2, 0.25) is 5.02 Å². The number of hydrogen-bond donors (Lipinski definition) is 1. The average Bonchev–Trinajstić information content (AvgIpc) is 3.19. The summed E-state index contributed by atoms with van der Waals surface area (Å²) < 4.78 is 2.24. The molecule has 0 bridgehead atoms. The van der Waals surface area contributed by atoms with Crippen LogP contribution in [0.25, 0.3) is 21.3 Å². The van der Waals surface area contributed by atoms with Gasteiger partial charge in [0, 0.05) is 17.5 Å². The Morgan fingerprint density at radius 1 is 1.23 bits per heavy atom. The van der Waals surface area contributed by atoms with Crippen LogP contribution in [0, 0.1) is 6.92 Å². The maximum absolute atomic E-state index is 13.0. The van der Waals surface area contributed by atoms with E-state index in [-0.39, 0.29) is 17.2 Å². The van der Waals surface area contributed by atoms with E-state index in [1.165, 1.54) is 23.1 Å². The lowest BCUT2D eigenvalue weighted by Gasteiger charge is -2.11. The highest BCUT2D eigenvalue weighted by atomic mass is 35.5. The van der Waals surface area contributed by atoms with E-state index in [2.05, 4.69) is 5.32 Å². The van der Waals surface area contributed by atoms with Crippen molar-refractivity contribution in [2.75, 3.05) is 11.1 Å². The minimum absolute atomic E-state index is 0.0795. The molecule has 0 unspecified atom stereocenters. The highest BCUT2D eigenvalue weighted by Gasteiger charge is 2.17. The largest absolute Gasteiger partial charge is 0.324 e. The summed E-state index contributed by atoms with van der Waals surface area (Å²) in [6.45, 7) is 4.32. The number of nitrogens with one attached hydrogen (secondary N) is 1. The monoisotopic (exact) mass is 469 g/mol. The molecule has 0 radical (unpaired) electrons. The Labute approximate surface area is 193 Å². The van der Waals surface area contributed by atoms with Gasteiger partial charge in [-0.15, -0.1) is 11.3 Å². The maximum Gasteiger partial charge on any atom is 0.272 e. The zero-order chi connectivity index (χ0) is 22.0. The lowest BCUT2D eigenvalue weighted by Crippen LogP contribution is -2.23. The Kier molecular flexibility index (Phi) is 6.46. The van der Waals surface area contributed by atoms with E-state index in [1.54, 1.807) is 16.7 Å². The number of thioether (sulfide) groups is 1. The van der Waals surface area contributed by atoms with Gasteiger partial charge in [0.25, 0.3) is 5.56 Å². The molecule has 0 atom stereocenters. The van der Waals surface area contributed by atoms with Crippen LogP contribution in [-0.2, 0) is 11.3 Å². The first-order valence-corrected chi connectivity index (χ1v) is 12.0. The van der Waals surface area contributed by atoms with E-state index in [9.17, 15) is 9.59 Å². The van der Waals surface area contributed by atoms with Gasteiger partial charge in [0.2, 0.25) is 5.91 Å². The third-order valence-electron chi connectivity index (χ3n) is 4.77. The molecule has 4 aromatic rings. The number of anilines is 1. The van der Waals surface area contributed by atoms with Crippen molar-refractivity contribution in [1.29, 1.82) is 0 Å². The van der Waals surface area contributed by atoms with Crippen molar-refractivity contribution < 1.29 is 4.79 Å². The predicted molar refractivity (Wildman–Crippen MR) is 131 cm³/mol. The molecule has 31 heavy (non-hydrogen) atoms. The standard InChI is InChI=1S/C23H20ClN3O2S2/c1-3-27-22(29)21-20(16(12-30-21)15-7-5-4-6-8-15)26-23(27)31-13-19(28)25-18-10-9-14(2)11-17(18)24/h4-12H,3,13H2,1-2H3,(H,25,28). The van der Waals surface area contributed by atoms with E-state index in [0.29, 0.717) is 32.6 Å². The van der Waals surface area contributed by atoms with Crippen LogP contribution in [0.4, 0.5) is 5.69 Å². The first kappa shape index (κ1) is 21.6. The third kappa shape index (κ3) is 4.54. The number of halogens is 1. The average molecular weight is 470 g/mol. The van der Waals surface area contributed by atoms with E-state index in [0.717, 1.165) is 16.7 Å². The van der Waals surface area contributed by atoms with Gasteiger partial charge in [-0.1, -0.05) is 59.8 Å². The highest BCUT2D eigenvalue weighted by Crippen LogP contribution is 2.32. The van der Waals surface area contributed by atoms with E-state index >= 15 is 0 Å². The van der Waals surface area contributed by atoms with Crippen molar-refractivity contribution in [3.63, 3.8) is 0 Å². The van der Waals surface area contributed by atoms with Gasteiger partial charge in [0.1, 0.15) is 4.70 Å². The van der Waals surface area contributed by atoms with Gasteiger partial charge >= 0.3 is 0 Å². The van der Waals surface area contributed by atoms with Crippen molar-refractivity contribution in [2.45, 2.75) is 25.5 Å². The third-order valence-corrected chi connectivity index (χ3v) is 7.02. The van der Waals surface area contributed by atoms with E-state index in [4.69, 9.17) is 16.6 Å². The van der Waals surface area contributed by atoms with Crippen molar-refractivity contribution in [2.24, 2.45) is 0 Å². The maximum atomic E-state index is 13.0. The quantitative estimate of drug-likeness (QED) is 0.284. The molecule has 5 nitrogen and oxygen atoms in total. The lowest BCUT2D eigenvalue weighted by molar-refractivity contribution is -0.113. The van der Waals surface area contributed by atoms with E-state index < -0.39 is 0 Å². The number of fused-ring (bicyclic) bond motifs is 1. The van der Waals surface area contributed by atoms with Crippen LogP contribution in [0.5, 0.6) is 0 Å². The first-order chi connectivity index (χ1) is 15.0. The van der Waals surface area contributed by atoms with Gasteiger partial charge in [0.05, 0.1) is 22.0 Å². The Morgan fingerprint density at radius 3 is 2.71 bits per heavy atom. The molecule has 4 rings (SSSR count). The van der Waals surface area contributed by atoms with Gasteiger partial charge in [-0.3, -0.25) is 14.2 Å². The van der Waals surface area contributed by atoms with Crippen molar-refractivity contribution in [3.8, 4) is 11.1 Å². The number of thiophene rings is 1. The molecule has 0 fully saturated rings.